The molecule has 2 atom stereocenters. The number of nitrogens with zero attached hydrogens (tertiary/aromatic N) is 2. The Hall–Kier alpha value is -4.56. The second-order valence-electron chi connectivity index (χ2n) is 16.1. The zero-order chi connectivity index (χ0) is 45.5. The second-order valence-corrected chi connectivity index (χ2v) is 16.1. The molecular weight excluding hydrogens is 793 g/mol. The van der Waals surface area contributed by atoms with Gasteiger partial charge in [0.05, 0.1) is 13.2 Å². The predicted molar refractivity (Wildman–Crippen MR) is 241 cm³/mol. The molecule has 0 aliphatic carbocycles. The summed E-state index contributed by atoms with van der Waals surface area (Å²) in [5.41, 5.74) is 11.7. The van der Waals surface area contributed by atoms with Gasteiger partial charge in [0.15, 0.2) is 12.2 Å². The van der Waals surface area contributed by atoms with Crippen molar-refractivity contribution in [2.75, 3.05) is 53.6 Å². The van der Waals surface area contributed by atoms with Crippen molar-refractivity contribution in [3.05, 3.63) is 47.5 Å². The van der Waals surface area contributed by atoms with Crippen LogP contribution in [0.15, 0.2) is 36.4 Å². The molecular formula is C48H76N4O10. The summed E-state index contributed by atoms with van der Waals surface area (Å²) in [5, 5.41) is 1.55. The number of likely N-dealkylation sites (N-methyl/N-ethyl adjacent to an activating group) is 2. The van der Waals surface area contributed by atoms with Crippen LogP contribution in [0.2, 0.25) is 0 Å². The van der Waals surface area contributed by atoms with Crippen LogP contribution < -0.4 is 11.5 Å². The number of carbonyl (C=O) groups excluding carboxylic acids is 6. The molecule has 0 bridgehead atoms. The normalized spacial score (nSPS) is 12.1. The monoisotopic (exact) mass is 869 g/mol. The van der Waals surface area contributed by atoms with E-state index in [1.807, 2.05) is 38.1 Å². The minimum absolute atomic E-state index is 0.131. The van der Waals surface area contributed by atoms with Gasteiger partial charge in [0, 0.05) is 40.0 Å². The third kappa shape index (κ3) is 22.0. The van der Waals surface area contributed by atoms with Crippen LogP contribution >= 0.6 is 0 Å². The number of rotatable bonds is 36. The van der Waals surface area contributed by atoms with E-state index in [0.717, 1.165) is 126 Å². The molecule has 0 saturated heterocycles. The molecule has 0 heterocycles. The number of nitrogens with two attached hydrogens (primary N) is 2. The molecule has 14 heteroatoms. The van der Waals surface area contributed by atoms with Crippen molar-refractivity contribution >= 4 is 46.3 Å². The highest BCUT2D eigenvalue weighted by atomic mass is 16.5. The van der Waals surface area contributed by atoms with Crippen molar-refractivity contribution in [1.82, 2.24) is 9.80 Å². The van der Waals surface area contributed by atoms with Crippen molar-refractivity contribution in [3.8, 4) is 0 Å². The van der Waals surface area contributed by atoms with Crippen molar-refractivity contribution in [2.24, 2.45) is 11.5 Å². The minimum atomic E-state index is -1.30. The van der Waals surface area contributed by atoms with Crippen molar-refractivity contribution in [2.45, 2.75) is 154 Å². The van der Waals surface area contributed by atoms with Crippen LogP contribution in [-0.2, 0) is 47.7 Å². The number of unbranched alkanes of at least 4 members (excludes halogenated alkanes) is 16. The van der Waals surface area contributed by atoms with Gasteiger partial charge in [-0.3, -0.25) is 28.8 Å². The first-order chi connectivity index (χ1) is 29.9. The van der Waals surface area contributed by atoms with Gasteiger partial charge in [-0.05, 0) is 73.6 Å². The summed E-state index contributed by atoms with van der Waals surface area (Å²) in [6, 6.07) is 11.0. The van der Waals surface area contributed by atoms with Gasteiger partial charge >= 0.3 is 11.9 Å². The number of hydrogen-bond acceptors (Lipinski definition) is 10. The van der Waals surface area contributed by atoms with Gasteiger partial charge in [-0.25, -0.2) is 0 Å². The Bertz CT molecular complexity index is 1530. The number of esters is 2. The number of benzene rings is 2. The van der Waals surface area contributed by atoms with E-state index in [-0.39, 0.29) is 11.9 Å². The minimum Gasteiger partial charge on any atom is -0.466 e. The fourth-order valence-corrected chi connectivity index (χ4v) is 7.45. The average molecular weight is 869 g/mol. The van der Waals surface area contributed by atoms with Crippen molar-refractivity contribution in [3.63, 3.8) is 0 Å². The highest BCUT2D eigenvalue weighted by Crippen LogP contribution is 2.35. The van der Waals surface area contributed by atoms with Gasteiger partial charge in [0.25, 0.3) is 11.8 Å². The maximum atomic E-state index is 14.3. The Morgan fingerprint density at radius 3 is 1.11 bits per heavy atom. The topological polar surface area (TPSA) is 198 Å². The third-order valence-corrected chi connectivity index (χ3v) is 10.9. The molecule has 4 N–H and O–H groups in total. The maximum Gasteiger partial charge on any atom is 0.305 e. The molecule has 0 spiro atoms. The Morgan fingerprint density at radius 1 is 0.500 bits per heavy atom. The van der Waals surface area contributed by atoms with Crippen LogP contribution in [-0.4, -0.2) is 99.0 Å². The van der Waals surface area contributed by atoms with Crippen LogP contribution in [0.4, 0.5) is 0 Å². The smallest absolute Gasteiger partial charge is 0.305 e. The SMILES string of the molecule is CCOC(=O)CCCCCCCCCCCN(C)C(=O)C(OCC(N)=O)c1cc2ccccc2cc1C(OCC(N)=O)C(=O)N(C)CCCCCCCCCCCC(=O)OCC. The highest BCUT2D eigenvalue weighted by molar-refractivity contribution is 5.91. The molecule has 4 amide bonds. The number of ether oxygens (including phenoxy) is 4. The van der Waals surface area contributed by atoms with Crippen LogP contribution in [0.1, 0.15) is 166 Å². The van der Waals surface area contributed by atoms with E-state index in [1.54, 1.807) is 36.0 Å². The molecule has 2 aromatic carbocycles. The number of carbonyl (C=O) groups is 6. The first kappa shape index (κ1) is 53.6. The summed E-state index contributed by atoms with van der Waals surface area (Å²) >= 11 is 0. The maximum absolute atomic E-state index is 14.3. The fraction of sp³-hybridized carbons (Fsp3) is 0.667. The number of amides is 4. The Kier molecular flexibility index (Phi) is 27.8. The lowest BCUT2D eigenvalue weighted by atomic mass is 9.92. The summed E-state index contributed by atoms with van der Waals surface area (Å²) in [7, 11) is 3.38. The molecule has 0 saturated carbocycles. The lowest BCUT2D eigenvalue weighted by Gasteiger charge is -2.29. The zero-order valence-electron chi connectivity index (χ0n) is 38.1. The van der Waals surface area contributed by atoms with Crippen LogP contribution in [0, 0.1) is 0 Å². The molecule has 0 aliphatic rings. The fourth-order valence-electron chi connectivity index (χ4n) is 7.45. The lowest BCUT2D eigenvalue weighted by Crippen LogP contribution is -2.38. The first-order valence-electron chi connectivity index (χ1n) is 23.0. The molecule has 2 aromatic rings. The summed E-state index contributed by atoms with van der Waals surface area (Å²) in [4.78, 5) is 78.8. The number of hydrogen-bond donors (Lipinski definition) is 2. The van der Waals surface area contributed by atoms with Gasteiger partial charge in [-0.15, -0.1) is 0 Å². The summed E-state index contributed by atoms with van der Waals surface area (Å²) in [6.45, 7) is 4.30. The number of primary amides is 2. The van der Waals surface area contributed by atoms with Gasteiger partial charge in [-0.1, -0.05) is 114 Å². The van der Waals surface area contributed by atoms with Crippen LogP contribution in [0.5, 0.6) is 0 Å². The van der Waals surface area contributed by atoms with Gasteiger partial charge in [0.1, 0.15) is 13.2 Å². The van der Waals surface area contributed by atoms with Gasteiger partial charge in [0.2, 0.25) is 11.8 Å². The third-order valence-electron chi connectivity index (χ3n) is 10.9. The molecule has 62 heavy (non-hydrogen) atoms. The van der Waals surface area contributed by atoms with E-state index in [1.165, 1.54) is 0 Å². The molecule has 14 nitrogen and oxygen atoms in total. The Balaban J connectivity index is 2.10. The van der Waals surface area contributed by atoms with E-state index in [0.29, 0.717) is 50.3 Å². The van der Waals surface area contributed by atoms with Crippen molar-refractivity contribution < 1.29 is 47.7 Å². The summed E-state index contributed by atoms with van der Waals surface area (Å²) in [6.07, 6.45) is 16.3. The van der Waals surface area contributed by atoms with E-state index >= 15 is 0 Å². The molecule has 0 fully saturated rings. The first-order valence-corrected chi connectivity index (χ1v) is 23.0. The zero-order valence-corrected chi connectivity index (χ0v) is 38.1. The van der Waals surface area contributed by atoms with Crippen LogP contribution in [0.3, 0.4) is 0 Å². The molecule has 0 aliphatic heterocycles. The van der Waals surface area contributed by atoms with Gasteiger partial charge < -0.3 is 40.2 Å². The standard InChI is InChI=1S/C48H76N4O10/c1-5-59-43(55)29-21-17-13-9-7-11-15-19-25-31-51(3)47(57)45(61-35-41(49)53)39-33-37-27-23-24-28-38(37)34-40(39)46(62-36-42(50)54)48(58)52(4)32-26-20-16-12-8-10-14-18-22-30-44(56)60-6-2/h23-24,27-28,33-34,45-46H,5-22,25-26,29-32,35-36H2,1-4H3,(H2,49,53)(H2,50,54). The van der Waals surface area contributed by atoms with Gasteiger partial charge in [-0.2, -0.15) is 0 Å². The molecule has 348 valence electrons. The number of fused-ring (bicyclic) bond motifs is 1. The van der Waals surface area contributed by atoms with Crippen molar-refractivity contribution in [1.29, 1.82) is 0 Å². The predicted octanol–water partition coefficient (Wildman–Crippen LogP) is 7.77. The summed E-state index contributed by atoms with van der Waals surface area (Å²) < 4.78 is 21.9. The Morgan fingerprint density at radius 2 is 0.806 bits per heavy atom. The quantitative estimate of drug-likeness (QED) is 0.0504. The molecule has 2 rings (SSSR count). The molecule has 0 aromatic heterocycles. The van der Waals surface area contributed by atoms with E-state index < -0.39 is 49.1 Å². The molecule has 2 unspecified atom stereocenters. The van der Waals surface area contributed by atoms with E-state index in [9.17, 15) is 28.8 Å². The summed E-state index contributed by atoms with van der Waals surface area (Å²) in [5.74, 6) is -2.58. The molecule has 0 radical (unpaired) electrons. The van der Waals surface area contributed by atoms with E-state index in [4.69, 9.17) is 30.4 Å². The second kappa shape index (κ2) is 32.2. The van der Waals surface area contributed by atoms with Crippen LogP contribution in [0.25, 0.3) is 10.8 Å². The highest BCUT2D eigenvalue weighted by Gasteiger charge is 2.34. The average Bonchev–Trinajstić information content (AvgIpc) is 3.24. The largest absolute Gasteiger partial charge is 0.466 e. The Labute approximate surface area is 370 Å². The van der Waals surface area contributed by atoms with E-state index in [2.05, 4.69) is 0 Å². The lowest BCUT2D eigenvalue weighted by molar-refractivity contribution is -0.148.